The molecule has 0 saturated carbocycles. The maximum atomic E-state index is 12.5. The summed E-state index contributed by atoms with van der Waals surface area (Å²) in [6.07, 6.45) is 5.20. The highest BCUT2D eigenvalue weighted by atomic mass is 16.5. The van der Waals surface area contributed by atoms with Crippen LogP contribution in [0, 0.1) is 6.92 Å². The van der Waals surface area contributed by atoms with Crippen molar-refractivity contribution in [1.29, 1.82) is 0 Å². The molecule has 0 heterocycles. The highest BCUT2D eigenvalue weighted by Crippen LogP contribution is 2.44. The zero-order valence-electron chi connectivity index (χ0n) is 38.4. The number of phenolic OH excluding ortho intramolecular Hbond substituents is 1. The van der Waals surface area contributed by atoms with Gasteiger partial charge >= 0.3 is 0 Å². The lowest BCUT2D eigenvalue weighted by molar-refractivity contribution is 0.306. The van der Waals surface area contributed by atoms with Gasteiger partial charge in [0.05, 0.1) is 19.8 Å². The fraction of sp³-hybridized carbons (Fsp3) is 0.547. The first-order valence-corrected chi connectivity index (χ1v) is 21.9. The van der Waals surface area contributed by atoms with Crippen molar-refractivity contribution in [2.75, 3.05) is 19.8 Å². The summed E-state index contributed by atoms with van der Waals surface area (Å²) in [5, 5.41) is 12.5. The van der Waals surface area contributed by atoms with Gasteiger partial charge in [0, 0.05) is 31.2 Å². The van der Waals surface area contributed by atoms with Crippen LogP contribution in [0.3, 0.4) is 0 Å². The van der Waals surface area contributed by atoms with E-state index in [4.69, 9.17) is 14.2 Å². The maximum absolute atomic E-state index is 12.5. The Hall–Kier alpha value is -3.92. The first-order valence-electron chi connectivity index (χ1n) is 21.9. The Kier molecular flexibility index (Phi) is 13.6. The van der Waals surface area contributed by atoms with Crippen molar-refractivity contribution in [2.45, 2.75) is 171 Å². The maximum Gasteiger partial charge on any atom is 0.126 e. The van der Waals surface area contributed by atoms with Crippen LogP contribution in [0.1, 0.15) is 194 Å². The minimum Gasteiger partial charge on any atom is -0.507 e. The van der Waals surface area contributed by atoms with Gasteiger partial charge in [0.1, 0.15) is 23.0 Å². The highest BCUT2D eigenvalue weighted by molar-refractivity contribution is 5.61. The molecule has 0 saturated heterocycles. The van der Waals surface area contributed by atoms with Crippen LogP contribution in [0.5, 0.6) is 23.0 Å². The van der Waals surface area contributed by atoms with Crippen molar-refractivity contribution >= 4 is 0 Å². The first-order chi connectivity index (χ1) is 26.7. The van der Waals surface area contributed by atoms with Crippen LogP contribution in [0.4, 0.5) is 0 Å². The van der Waals surface area contributed by atoms with Crippen molar-refractivity contribution in [2.24, 2.45) is 0 Å². The molecule has 1 aliphatic carbocycles. The largest absolute Gasteiger partial charge is 0.507 e. The second-order valence-electron chi connectivity index (χ2n) is 20.1. The SMILES string of the molecule is CCCOc1c2cc(C(C)(C)C)cc1Cc1cc(C(C)(C)C)cc(c1OCCC)Cc1cc(C(C)C)c(C)c(c1OCCC)Cc1cc(C(C)(C)C)cc(c1O)C2. The van der Waals surface area contributed by atoms with Gasteiger partial charge in [-0.2, -0.15) is 0 Å². The number of ether oxygens (including phenoxy) is 3. The van der Waals surface area contributed by atoms with E-state index in [0.717, 1.165) is 64.3 Å². The number of fused-ring (bicyclic) bond motifs is 8. The van der Waals surface area contributed by atoms with Gasteiger partial charge in [0.2, 0.25) is 0 Å². The van der Waals surface area contributed by atoms with E-state index in [1.807, 2.05) is 0 Å². The van der Waals surface area contributed by atoms with Crippen molar-refractivity contribution < 1.29 is 19.3 Å². The van der Waals surface area contributed by atoms with E-state index in [-0.39, 0.29) is 16.2 Å². The predicted molar refractivity (Wildman–Crippen MR) is 241 cm³/mol. The van der Waals surface area contributed by atoms with Crippen LogP contribution in [-0.4, -0.2) is 24.9 Å². The van der Waals surface area contributed by atoms with Gasteiger partial charge in [-0.15, -0.1) is 0 Å². The molecule has 0 amide bonds. The third-order valence-electron chi connectivity index (χ3n) is 11.6. The monoisotopic (exact) mass is 775 g/mol. The quantitative estimate of drug-likeness (QED) is 0.153. The summed E-state index contributed by atoms with van der Waals surface area (Å²) in [5.74, 6) is 3.54. The molecule has 0 fully saturated rings. The molecule has 0 aromatic heterocycles. The Morgan fingerprint density at radius 2 is 0.807 bits per heavy atom. The molecule has 1 N–H and O–H groups in total. The van der Waals surface area contributed by atoms with E-state index < -0.39 is 0 Å². The van der Waals surface area contributed by atoms with Gasteiger partial charge in [-0.05, 0) is 115 Å². The molecule has 0 atom stereocenters. The average Bonchev–Trinajstić information content (AvgIpc) is 3.11. The Morgan fingerprint density at radius 3 is 1.16 bits per heavy atom. The first kappa shape index (κ1) is 44.2. The van der Waals surface area contributed by atoms with Gasteiger partial charge < -0.3 is 19.3 Å². The van der Waals surface area contributed by atoms with Gasteiger partial charge in [0.15, 0.2) is 0 Å². The molecule has 57 heavy (non-hydrogen) atoms. The van der Waals surface area contributed by atoms with Crippen molar-refractivity contribution in [3.05, 3.63) is 115 Å². The smallest absolute Gasteiger partial charge is 0.126 e. The normalized spacial score (nSPS) is 13.5. The zero-order valence-corrected chi connectivity index (χ0v) is 38.4. The Balaban J connectivity index is 1.99. The summed E-state index contributed by atoms with van der Waals surface area (Å²) < 4.78 is 20.6. The summed E-state index contributed by atoms with van der Waals surface area (Å²) in [7, 11) is 0. The fourth-order valence-electron chi connectivity index (χ4n) is 8.18. The van der Waals surface area contributed by atoms with Crippen LogP contribution in [-0.2, 0) is 41.9 Å². The van der Waals surface area contributed by atoms with E-state index >= 15 is 0 Å². The van der Waals surface area contributed by atoms with Crippen LogP contribution >= 0.6 is 0 Å². The van der Waals surface area contributed by atoms with Crippen LogP contribution in [0.15, 0.2) is 42.5 Å². The molecule has 4 nitrogen and oxygen atoms in total. The van der Waals surface area contributed by atoms with Gasteiger partial charge in [0.25, 0.3) is 0 Å². The predicted octanol–water partition coefficient (Wildman–Crippen LogP) is 13.8. The lowest BCUT2D eigenvalue weighted by atomic mass is 9.79. The molecular formula is C53H74O4. The van der Waals surface area contributed by atoms with E-state index in [2.05, 4.69) is 146 Å². The molecule has 0 aliphatic heterocycles. The summed E-state index contributed by atoms with van der Waals surface area (Å²) in [6, 6.07) is 16.4. The number of hydrogen-bond donors (Lipinski definition) is 1. The second kappa shape index (κ2) is 17.5. The third-order valence-corrected chi connectivity index (χ3v) is 11.6. The molecule has 5 rings (SSSR count). The Morgan fingerprint density at radius 1 is 0.491 bits per heavy atom. The molecule has 4 heteroatoms. The van der Waals surface area contributed by atoms with E-state index in [9.17, 15) is 5.11 Å². The molecule has 0 radical (unpaired) electrons. The molecule has 8 bridgehead atoms. The summed E-state index contributed by atoms with van der Waals surface area (Å²) in [6.45, 7) is 35.8. The van der Waals surface area contributed by atoms with Crippen molar-refractivity contribution in [3.8, 4) is 23.0 Å². The molecule has 310 valence electrons. The van der Waals surface area contributed by atoms with Crippen LogP contribution in [0.25, 0.3) is 0 Å². The molecule has 1 aliphatic rings. The van der Waals surface area contributed by atoms with Crippen LogP contribution < -0.4 is 14.2 Å². The molecular weight excluding hydrogens is 701 g/mol. The topological polar surface area (TPSA) is 47.9 Å². The zero-order chi connectivity index (χ0) is 42.0. The number of benzene rings is 4. The number of rotatable bonds is 10. The summed E-state index contributed by atoms with van der Waals surface area (Å²) >= 11 is 0. The van der Waals surface area contributed by atoms with Gasteiger partial charge in [-0.3, -0.25) is 0 Å². The van der Waals surface area contributed by atoms with Crippen LogP contribution in [0.2, 0.25) is 0 Å². The fourth-order valence-corrected chi connectivity index (χ4v) is 8.18. The average molecular weight is 775 g/mol. The molecule has 0 unspecified atom stereocenters. The number of aromatic hydroxyl groups is 1. The third kappa shape index (κ3) is 10.0. The number of phenols is 1. The molecule has 4 aromatic carbocycles. The van der Waals surface area contributed by atoms with Gasteiger partial charge in [-0.25, -0.2) is 0 Å². The summed E-state index contributed by atoms with van der Waals surface area (Å²) in [4.78, 5) is 0. The standard InChI is InChI=1S/C53H74O4/c1-16-19-55-48-37-22-35-25-42(51(7,8)9)26-36(47(35)54)31-46-34(6)45(33(4)5)32-41(50(46)57-21-18-3)24-40-30-44(53(13,14)15)29-39(49(40)56-20-17-2)23-38(48)28-43(27-37)52(10,11)12/h25-30,32-33,54H,16-24,31H2,1-15H3. The van der Waals surface area contributed by atoms with Gasteiger partial charge in [-0.1, -0.05) is 139 Å². The Labute approximate surface area is 346 Å². The highest BCUT2D eigenvalue weighted by Gasteiger charge is 2.29. The second-order valence-corrected chi connectivity index (χ2v) is 20.1. The van der Waals surface area contributed by atoms with Crippen molar-refractivity contribution in [1.82, 2.24) is 0 Å². The van der Waals surface area contributed by atoms with E-state index in [0.29, 0.717) is 57.2 Å². The minimum absolute atomic E-state index is 0.0817. The number of hydrogen-bond acceptors (Lipinski definition) is 4. The Bertz CT molecular complexity index is 2040. The van der Waals surface area contributed by atoms with E-state index in [1.165, 1.54) is 44.5 Å². The minimum atomic E-state index is -0.123. The van der Waals surface area contributed by atoms with Crippen molar-refractivity contribution in [3.63, 3.8) is 0 Å². The van der Waals surface area contributed by atoms with E-state index in [1.54, 1.807) is 0 Å². The molecule has 4 aromatic rings. The molecule has 0 spiro atoms. The lowest BCUT2D eigenvalue weighted by Crippen LogP contribution is -2.17. The lowest BCUT2D eigenvalue weighted by Gasteiger charge is -2.28. The summed E-state index contributed by atoms with van der Waals surface area (Å²) in [5.41, 5.74) is 14.9.